The van der Waals surface area contributed by atoms with Crippen molar-refractivity contribution in [2.45, 2.75) is 51.3 Å². The van der Waals surface area contributed by atoms with E-state index in [1.165, 1.54) is 56.6 Å². The Morgan fingerprint density at radius 2 is 1.83 bits per heavy atom. The minimum Gasteiger partial charge on any atom is -0.496 e. The van der Waals surface area contributed by atoms with E-state index < -0.39 is 41.8 Å². The van der Waals surface area contributed by atoms with Gasteiger partial charge < -0.3 is 20.3 Å². The lowest BCUT2D eigenvalue weighted by atomic mass is 9.71. The lowest BCUT2D eigenvalue weighted by molar-refractivity contribution is -0.270. The van der Waals surface area contributed by atoms with Crippen molar-refractivity contribution in [3.63, 3.8) is 0 Å². The molecule has 35 heavy (non-hydrogen) atoms. The van der Waals surface area contributed by atoms with E-state index in [-0.39, 0.29) is 29.7 Å². The van der Waals surface area contributed by atoms with E-state index in [4.69, 9.17) is 4.74 Å². The van der Waals surface area contributed by atoms with Gasteiger partial charge in [0.25, 0.3) is 0 Å². The van der Waals surface area contributed by atoms with E-state index in [2.05, 4.69) is 5.32 Å². The summed E-state index contributed by atoms with van der Waals surface area (Å²) in [5.74, 6) is -1.41. The van der Waals surface area contributed by atoms with Crippen LogP contribution in [0.15, 0.2) is 48.2 Å². The second kappa shape index (κ2) is 11.1. The number of alkyl halides is 3. The third-order valence-corrected chi connectivity index (χ3v) is 6.29. The van der Waals surface area contributed by atoms with Gasteiger partial charge in [-0.05, 0) is 59.7 Å². The van der Waals surface area contributed by atoms with Crippen LogP contribution in [0.25, 0.3) is 6.08 Å². The van der Waals surface area contributed by atoms with E-state index in [0.29, 0.717) is 11.3 Å². The molecule has 2 unspecified atom stereocenters. The molecule has 9 heteroatoms. The summed E-state index contributed by atoms with van der Waals surface area (Å²) in [6, 6.07) is 9.75. The number of ether oxygens (including phenoxy) is 1. The minimum atomic E-state index is -4.99. The number of benzene rings is 2. The molecule has 0 aliphatic heterocycles. The molecular formula is C26H31F4NO4. The maximum absolute atomic E-state index is 14.3. The number of carboxylic acids is 1. The van der Waals surface area contributed by atoms with Gasteiger partial charge in [-0.1, -0.05) is 38.5 Å². The molecule has 0 aromatic heterocycles. The highest BCUT2D eigenvalue weighted by atomic mass is 19.4. The number of hydrogen-bond donors (Lipinski definition) is 3. The summed E-state index contributed by atoms with van der Waals surface area (Å²) in [4.78, 5) is 11.5. The van der Waals surface area contributed by atoms with E-state index in [0.717, 1.165) is 0 Å². The molecule has 0 fully saturated rings. The van der Waals surface area contributed by atoms with Crippen LogP contribution in [0.4, 0.5) is 17.6 Å². The van der Waals surface area contributed by atoms with Crippen LogP contribution in [0, 0.1) is 11.2 Å². The molecule has 0 aliphatic carbocycles. The Morgan fingerprint density at radius 3 is 2.37 bits per heavy atom. The molecule has 0 bridgehead atoms. The van der Waals surface area contributed by atoms with Gasteiger partial charge in [0.1, 0.15) is 11.6 Å². The number of carbonyl (C=O) groups is 1. The van der Waals surface area contributed by atoms with Gasteiger partial charge in [-0.15, -0.1) is 0 Å². The third-order valence-electron chi connectivity index (χ3n) is 6.29. The fourth-order valence-corrected chi connectivity index (χ4v) is 4.16. The molecule has 2 aromatic carbocycles. The highest BCUT2D eigenvalue weighted by Crippen LogP contribution is 2.46. The number of carboxylic acid groups (broad SMARTS) is 1. The monoisotopic (exact) mass is 497 g/mol. The van der Waals surface area contributed by atoms with E-state index in [1.54, 1.807) is 19.9 Å². The normalized spacial score (nSPS) is 15.7. The molecule has 0 aliphatic rings. The molecule has 0 amide bonds. The van der Waals surface area contributed by atoms with Gasteiger partial charge in [0.2, 0.25) is 0 Å². The predicted octanol–water partition coefficient (Wildman–Crippen LogP) is 5.83. The Bertz CT molecular complexity index is 1070. The third kappa shape index (κ3) is 6.97. The van der Waals surface area contributed by atoms with Gasteiger partial charge in [-0.25, -0.2) is 9.18 Å². The lowest BCUT2D eigenvalue weighted by Gasteiger charge is -2.40. The Hall–Kier alpha value is -3.07. The summed E-state index contributed by atoms with van der Waals surface area (Å²) in [5.41, 5.74) is -3.65. The predicted molar refractivity (Wildman–Crippen MR) is 126 cm³/mol. The summed E-state index contributed by atoms with van der Waals surface area (Å²) >= 11 is 0. The van der Waals surface area contributed by atoms with E-state index in [9.17, 15) is 32.6 Å². The van der Waals surface area contributed by atoms with E-state index >= 15 is 0 Å². The Balaban J connectivity index is 2.46. The average Bonchev–Trinajstić information content (AvgIpc) is 2.78. The first kappa shape index (κ1) is 28.2. The maximum atomic E-state index is 14.3. The molecular weight excluding hydrogens is 466 g/mol. The zero-order valence-electron chi connectivity index (χ0n) is 20.2. The van der Waals surface area contributed by atoms with Crippen molar-refractivity contribution in [2.75, 3.05) is 14.2 Å². The smallest absolute Gasteiger partial charge is 0.417 e. The fourth-order valence-electron chi connectivity index (χ4n) is 4.16. The first-order valence-corrected chi connectivity index (χ1v) is 11.1. The molecule has 2 atom stereocenters. The average molecular weight is 498 g/mol. The van der Waals surface area contributed by atoms with Crippen LogP contribution < -0.4 is 10.1 Å². The topological polar surface area (TPSA) is 78.8 Å². The summed E-state index contributed by atoms with van der Waals surface area (Å²) in [5, 5.41) is 23.1. The molecule has 0 saturated heterocycles. The number of aromatic carboxylic acids is 1. The number of methoxy groups -OCH3 is 1. The van der Waals surface area contributed by atoms with Crippen molar-refractivity contribution < 1.29 is 37.3 Å². The van der Waals surface area contributed by atoms with Crippen LogP contribution in [-0.2, 0) is 6.42 Å². The first-order chi connectivity index (χ1) is 16.3. The lowest BCUT2D eigenvalue weighted by Crippen LogP contribution is -2.50. The molecule has 192 valence electrons. The molecule has 0 saturated carbocycles. The molecule has 0 heterocycles. The molecule has 3 N–H and O–H groups in total. The van der Waals surface area contributed by atoms with Gasteiger partial charge in [-0.2, -0.15) is 13.2 Å². The van der Waals surface area contributed by atoms with Gasteiger partial charge in [0.05, 0.1) is 12.7 Å². The summed E-state index contributed by atoms with van der Waals surface area (Å²) < 4.78 is 61.9. The zero-order chi connectivity index (χ0) is 26.4. The fraction of sp³-hybridized carbons (Fsp3) is 0.423. The van der Waals surface area contributed by atoms with Crippen LogP contribution in [0.3, 0.4) is 0 Å². The molecule has 0 spiro atoms. The summed E-state index contributed by atoms with van der Waals surface area (Å²) in [7, 11) is 2.80. The van der Waals surface area contributed by atoms with Crippen molar-refractivity contribution in [1.29, 1.82) is 0 Å². The Labute approximate surface area is 202 Å². The quantitative estimate of drug-likeness (QED) is 0.341. The maximum Gasteiger partial charge on any atom is 0.417 e. The van der Waals surface area contributed by atoms with Crippen molar-refractivity contribution in [3.05, 3.63) is 70.7 Å². The highest BCUT2D eigenvalue weighted by Gasteiger charge is 2.56. The highest BCUT2D eigenvalue weighted by molar-refractivity contribution is 5.92. The van der Waals surface area contributed by atoms with Gasteiger partial charge in [0, 0.05) is 19.2 Å². The van der Waals surface area contributed by atoms with Crippen molar-refractivity contribution in [1.82, 2.24) is 5.32 Å². The van der Waals surface area contributed by atoms with Crippen LogP contribution in [0.5, 0.6) is 5.75 Å². The number of nitrogens with one attached hydrogen (secondary N) is 1. The largest absolute Gasteiger partial charge is 0.496 e. The van der Waals surface area contributed by atoms with E-state index in [1.807, 2.05) is 0 Å². The number of hydrogen-bond acceptors (Lipinski definition) is 4. The van der Waals surface area contributed by atoms with Crippen molar-refractivity contribution in [3.8, 4) is 5.75 Å². The number of aliphatic hydroxyl groups is 1. The summed E-state index contributed by atoms with van der Waals surface area (Å²) in [6.07, 6.45) is -4.87. The van der Waals surface area contributed by atoms with Crippen molar-refractivity contribution >= 4 is 12.0 Å². The van der Waals surface area contributed by atoms with Crippen molar-refractivity contribution in [2.24, 2.45) is 5.41 Å². The summed E-state index contributed by atoms with van der Waals surface area (Å²) in [6.45, 7) is 3.32. The second-order valence-corrected chi connectivity index (χ2v) is 8.99. The Morgan fingerprint density at radius 1 is 1.17 bits per heavy atom. The van der Waals surface area contributed by atoms with Crippen LogP contribution in [-0.4, -0.2) is 42.1 Å². The molecule has 2 aromatic rings. The number of halogens is 4. The van der Waals surface area contributed by atoms with Gasteiger partial charge in [-0.3, -0.25) is 0 Å². The molecule has 5 nitrogen and oxygen atoms in total. The SMILES string of the molecule is CCC(C)(Cc1cc(F)ccc1OC)CC(O)(C/C(=C/c1ccccc1C(=O)O)NC)C(F)(F)F. The number of rotatable bonds is 11. The van der Waals surface area contributed by atoms with Gasteiger partial charge in [0.15, 0.2) is 5.60 Å². The zero-order valence-corrected chi connectivity index (χ0v) is 20.2. The molecule has 2 rings (SSSR count). The van der Waals surface area contributed by atoms with Crippen LogP contribution >= 0.6 is 0 Å². The minimum absolute atomic E-state index is 0.0142. The molecule has 0 radical (unpaired) electrons. The Kier molecular flexibility index (Phi) is 8.94. The van der Waals surface area contributed by atoms with Gasteiger partial charge >= 0.3 is 12.1 Å². The standard InChI is InChI=1S/C26H31F4NO4/c1-5-24(2,14-18-12-19(27)10-11-22(18)35-4)16-25(34,26(28,29)30)15-20(31-3)13-17-8-6-7-9-21(17)23(32)33/h6-13,31,34H,5,14-16H2,1-4H3,(H,32,33)/b20-13-. The first-order valence-electron chi connectivity index (χ1n) is 11.1. The second-order valence-electron chi connectivity index (χ2n) is 8.99. The van der Waals surface area contributed by atoms with Crippen LogP contribution in [0.2, 0.25) is 0 Å². The van der Waals surface area contributed by atoms with Crippen LogP contribution in [0.1, 0.15) is 54.6 Å².